The third-order valence-electron chi connectivity index (χ3n) is 4.83. The highest BCUT2D eigenvalue weighted by Crippen LogP contribution is 2.40. The Bertz CT molecular complexity index is 248. The molecule has 0 fully saturated rings. The third-order valence-corrected chi connectivity index (χ3v) is 4.83. The number of hydrogen-bond acceptors (Lipinski definition) is 1. The molecule has 0 bridgehead atoms. The van der Waals surface area contributed by atoms with Crippen LogP contribution in [0.2, 0.25) is 0 Å². The van der Waals surface area contributed by atoms with Crippen molar-refractivity contribution in [1.29, 1.82) is 0 Å². The van der Waals surface area contributed by atoms with Crippen molar-refractivity contribution in [2.24, 2.45) is 22.7 Å². The molecule has 0 aromatic carbocycles. The van der Waals surface area contributed by atoms with Crippen LogP contribution in [-0.2, 0) is 4.74 Å². The maximum atomic E-state index is 6.81. The highest BCUT2D eigenvalue weighted by molar-refractivity contribution is 4.87. The van der Waals surface area contributed by atoms with Crippen molar-refractivity contribution in [3.05, 3.63) is 0 Å². The lowest BCUT2D eigenvalue weighted by Crippen LogP contribution is -2.45. The highest BCUT2D eigenvalue weighted by Gasteiger charge is 2.39. The van der Waals surface area contributed by atoms with Crippen LogP contribution in [0, 0.1) is 22.7 Å². The second kappa shape index (κ2) is 8.56. The zero-order chi connectivity index (χ0) is 16.8. The van der Waals surface area contributed by atoms with Gasteiger partial charge in [-0.1, -0.05) is 82.1 Å². The second-order valence-corrected chi connectivity index (χ2v) is 8.94. The van der Waals surface area contributed by atoms with Gasteiger partial charge in [0.25, 0.3) is 0 Å². The van der Waals surface area contributed by atoms with E-state index in [0.717, 1.165) is 0 Å². The van der Waals surface area contributed by atoms with Gasteiger partial charge in [0, 0.05) is 0 Å². The molecule has 0 N–H and O–H groups in total. The second-order valence-electron chi connectivity index (χ2n) is 8.94. The summed E-state index contributed by atoms with van der Waals surface area (Å²) in [6.07, 6.45) is 5.58. The SMILES string of the molecule is CCCC(C)(C)C(OC(C(C)C)C(C)(C)CCC)C(C)C. The molecule has 0 heterocycles. The summed E-state index contributed by atoms with van der Waals surface area (Å²) >= 11 is 0. The molecule has 2 atom stereocenters. The molecule has 0 aliphatic heterocycles. The van der Waals surface area contributed by atoms with Crippen molar-refractivity contribution in [2.45, 2.75) is 107 Å². The van der Waals surface area contributed by atoms with Gasteiger partial charge in [-0.3, -0.25) is 0 Å². The first kappa shape index (κ1) is 21.0. The van der Waals surface area contributed by atoms with Gasteiger partial charge in [0.1, 0.15) is 0 Å². The van der Waals surface area contributed by atoms with Gasteiger partial charge in [-0.05, 0) is 35.5 Å². The Morgan fingerprint density at radius 3 is 1.14 bits per heavy atom. The van der Waals surface area contributed by atoms with E-state index in [0.29, 0.717) is 24.0 Å². The molecule has 0 spiro atoms. The van der Waals surface area contributed by atoms with E-state index in [4.69, 9.17) is 4.74 Å². The summed E-state index contributed by atoms with van der Waals surface area (Å²) < 4.78 is 6.81. The third kappa shape index (κ3) is 6.30. The van der Waals surface area contributed by atoms with Crippen molar-refractivity contribution in [3.63, 3.8) is 0 Å². The van der Waals surface area contributed by atoms with E-state index in [-0.39, 0.29) is 10.8 Å². The molecule has 0 saturated carbocycles. The zero-order valence-electron chi connectivity index (χ0n) is 16.5. The lowest BCUT2D eigenvalue weighted by atomic mass is 9.74. The van der Waals surface area contributed by atoms with Gasteiger partial charge < -0.3 is 4.74 Å². The van der Waals surface area contributed by atoms with E-state index in [1.807, 2.05) is 0 Å². The minimum Gasteiger partial charge on any atom is -0.373 e. The molecule has 0 radical (unpaired) electrons. The molecule has 0 aliphatic rings. The molecule has 0 amide bonds. The normalized spacial score (nSPS) is 16.6. The van der Waals surface area contributed by atoms with Crippen molar-refractivity contribution >= 4 is 0 Å². The first-order chi connectivity index (χ1) is 9.49. The van der Waals surface area contributed by atoms with E-state index < -0.39 is 0 Å². The summed E-state index contributed by atoms with van der Waals surface area (Å²) in [7, 11) is 0. The average Bonchev–Trinajstić information content (AvgIpc) is 2.26. The quantitative estimate of drug-likeness (QED) is 0.436. The molecule has 21 heavy (non-hydrogen) atoms. The van der Waals surface area contributed by atoms with Crippen LogP contribution in [0.3, 0.4) is 0 Å². The van der Waals surface area contributed by atoms with Gasteiger partial charge in [0.15, 0.2) is 0 Å². The van der Waals surface area contributed by atoms with Gasteiger partial charge in [-0.2, -0.15) is 0 Å². The topological polar surface area (TPSA) is 9.23 Å². The average molecular weight is 299 g/mol. The summed E-state index contributed by atoms with van der Waals surface area (Å²) in [6, 6.07) is 0. The molecule has 0 aromatic rings. The smallest absolute Gasteiger partial charge is 0.0653 e. The Morgan fingerprint density at radius 1 is 0.667 bits per heavy atom. The van der Waals surface area contributed by atoms with E-state index in [1.54, 1.807) is 0 Å². The minimum absolute atomic E-state index is 0.248. The number of hydrogen-bond donors (Lipinski definition) is 0. The van der Waals surface area contributed by atoms with Crippen molar-refractivity contribution in [1.82, 2.24) is 0 Å². The fraction of sp³-hybridized carbons (Fsp3) is 1.00. The minimum atomic E-state index is 0.248. The zero-order valence-corrected chi connectivity index (χ0v) is 16.5. The lowest BCUT2D eigenvalue weighted by molar-refractivity contribution is -0.152. The summed E-state index contributed by atoms with van der Waals surface area (Å²) in [5, 5.41) is 0. The molecule has 1 heteroatoms. The van der Waals surface area contributed by atoms with Gasteiger partial charge in [0.05, 0.1) is 12.2 Å². The van der Waals surface area contributed by atoms with Crippen LogP contribution in [0.1, 0.15) is 94.9 Å². The van der Waals surface area contributed by atoms with Crippen LogP contribution in [0.25, 0.3) is 0 Å². The van der Waals surface area contributed by atoms with E-state index in [9.17, 15) is 0 Å². The van der Waals surface area contributed by atoms with Crippen LogP contribution >= 0.6 is 0 Å². The summed E-state index contributed by atoms with van der Waals surface area (Å²) in [4.78, 5) is 0. The van der Waals surface area contributed by atoms with Gasteiger partial charge in [-0.25, -0.2) is 0 Å². The first-order valence-corrected chi connectivity index (χ1v) is 9.15. The van der Waals surface area contributed by atoms with E-state index in [1.165, 1.54) is 25.7 Å². The predicted molar refractivity (Wildman–Crippen MR) is 95.7 cm³/mol. The Labute approximate surface area is 135 Å². The number of ether oxygens (including phenoxy) is 1. The Hall–Kier alpha value is -0.0400. The molecular formula is C20H42O. The number of rotatable bonds is 10. The molecule has 0 aliphatic carbocycles. The molecule has 1 nitrogen and oxygen atoms in total. The fourth-order valence-electron chi connectivity index (χ4n) is 4.22. The summed E-state index contributed by atoms with van der Waals surface area (Å²) in [5.41, 5.74) is 0.497. The molecule has 2 unspecified atom stereocenters. The standard InChI is InChI=1S/C20H42O/c1-11-13-19(7,8)17(15(3)4)21-18(16(5)6)20(9,10)14-12-2/h15-18H,11-14H2,1-10H3. The molecule has 0 rings (SSSR count). The Balaban J connectivity index is 5.26. The lowest BCUT2D eigenvalue weighted by Gasteiger charge is -2.45. The summed E-state index contributed by atoms with van der Waals surface area (Å²) in [6.45, 7) is 23.3. The molecular weight excluding hydrogens is 256 g/mol. The van der Waals surface area contributed by atoms with Crippen LogP contribution in [0.5, 0.6) is 0 Å². The molecule has 0 saturated heterocycles. The molecule has 128 valence electrons. The fourth-order valence-corrected chi connectivity index (χ4v) is 4.22. The van der Waals surface area contributed by atoms with Crippen LogP contribution in [0.4, 0.5) is 0 Å². The Kier molecular flexibility index (Phi) is 8.54. The highest BCUT2D eigenvalue weighted by atomic mass is 16.5. The van der Waals surface area contributed by atoms with Gasteiger partial charge in [-0.15, -0.1) is 0 Å². The van der Waals surface area contributed by atoms with Crippen molar-refractivity contribution in [2.75, 3.05) is 0 Å². The Morgan fingerprint density at radius 2 is 0.952 bits per heavy atom. The van der Waals surface area contributed by atoms with Crippen LogP contribution < -0.4 is 0 Å². The van der Waals surface area contributed by atoms with Gasteiger partial charge >= 0.3 is 0 Å². The first-order valence-electron chi connectivity index (χ1n) is 9.15. The van der Waals surface area contributed by atoms with Crippen LogP contribution in [0.15, 0.2) is 0 Å². The van der Waals surface area contributed by atoms with Crippen molar-refractivity contribution < 1.29 is 4.74 Å². The monoisotopic (exact) mass is 298 g/mol. The predicted octanol–water partition coefficient (Wildman–Crippen LogP) is 6.70. The van der Waals surface area contributed by atoms with Crippen molar-refractivity contribution in [3.8, 4) is 0 Å². The maximum Gasteiger partial charge on any atom is 0.0653 e. The maximum absolute atomic E-state index is 6.81. The van der Waals surface area contributed by atoms with Crippen LogP contribution in [-0.4, -0.2) is 12.2 Å². The van der Waals surface area contributed by atoms with Gasteiger partial charge in [0.2, 0.25) is 0 Å². The largest absolute Gasteiger partial charge is 0.373 e. The van der Waals surface area contributed by atoms with E-state index >= 15 is 0 Å². The van der Waals surface area contributed by atoms with E-state index in [2.05, 4.69) is 69.2 Å². The summed E-state index contributed by atoms with van der Waals surface area (Å²) in [5.74, 6) is 1.12. The molecule has 0 aromatic heterocycles.